The van der Waals surface area contributed by atoms with Crippen LogP contribution in [0.1, 0.15) is 10.4 Å². The number of para-hydroxylation sites is 1. The third-order valence-electron chi connectivity index (χ3n) is 1.91. The van der Waals surface area contributed by atoms with Crippen LogP contribution in [-0.2, 0) is 0 Å². The maximum Gasteiger partial charge on any atom is 0.573 e. The predicted octanol–water partition coefficient (Wildman–Crippen LogP) is 3.03. The van der Waals surface area contributed by atoms with Gasteiger partial charge in [-0.15, -0.1) is 13.2 Å². The molecule has 0 saturated carbocycles. The van der Waals surface area contributed by atoms with Crippen molar-refractivity contribution in [3.63, 3.8) is 0 Å². The standard InChI is InChI=1S/C10H9ClF3NO2/c1-15(2)7-5-3-4-6(9(11)16)8(7)17-10(12,13)14/h3-5H,1-2H3. The first-order valence-electron chi connectivity index (χ1n) is 4.48. The first-order chi connectivity index (χ1) is 7.72. The quantitative estimate of drug-likeness (QED) is 0.789. The Kier molecular flexibility index (Phi) is 3.87. The van der Waals surface area contributed by atoms with Crippen LogP contribution in [0.5, 0.6) is 5.75 Å². The first kappa shape index (κ1) is 13.6. The molecular weight excluding hydrogens is 259 g/mol. The average molecular weight is 268 g/mol. The van der Waals surface area contributed by atoms with E-state index in [1.165, 1.54) is 37.2 Å². The summed E-state index contributed by atoms with van der Waals surface area (Å²) in [5.74, 6) is -0.593. The number of carbonyl (C=O) groups is 1. The molecule has 3 nitrogen and oxygen atoms in total. The number of nitrogens with zero attached hydrogens (tertiary/aromatic N) is 1. The van der Waals surface area contributed by atoms with Crippen molar-refractivity contribution in [1.82, 2.24) is 0 Å². The zero-order valence-electron chi connectivity index (χ0n) is 9.01. The molecule has 1 aromatic carbocycles. The van der Waals surface area contributed by atoms with Crippen LogP contribution in [0, 0.1) is 0 Å². The van der Waals surface area contributed by atoms with Crippen LogP contribution in [0.4, 0.5) is 18.9 Å². The van der Waals surface area contributed by atoms with E-state index in [0.717, 1.165) is 0 Å². The molecule has 0 aliphatic rings. The minimum Gasteiger partial charge on any atom is -0.403 e. The number of hydrogen-bond donors (Lipinski definition) is 0. The van der Waals surface area contributed by atoms with Crippen molar-refractivity contribution in [2.75, 3.05) is 19.0 Å². The number of carbonyl (C=O) groups excluding carboxylic acids is 1. The summed E-state index contributed by atoms with van der Waals surface area (Å²) in [5.41, 5.74) is -0.205. The summed E-state index contributed by atoms with van der Waals surface area (Å²) in [6, 6.07) is 3.99. The van der Waals surface area contributed by atoms with E-state index in [9.17, 15) is 18.0 Å². The van der Waals surface area contributed by atoms with Crippen LogP contribution in [-0.4, -0.2) is 25.7 Å². The highest BCUT2D eigenvalue weighted by atomic mass is 35.5. The molecular formula is C10H9ClF3NO2. The molecule has 0 unspecified atom stereocenters. The topological polar surface area (TPSA) is 29.5 Å². The van der Waals surface area contributed by atoms with Gasteiger partial charge in [-0.2, -0.15) is 0 Å². The fourth-order valence-electron chi connectivity index (χ4n) is 1.25. The lowest BCUT2D eigenvalue weighted by molar-refractivity contribution is -0.274. The van der Waals surface area contributed by atoms with Gasteiger partial charge in [0.15, 0.2) is 5.75 Å². The molecule has 1 aromatic rings. The maximum atomic E-state index is 12.2. The predicted molar refractivity (Wildman–Crippen MR) is 57.6 cm³/mol. The summed E-state index contributed by atoms with van der Waals surface area (Å²) in [6.45, 7) is 0. The van der Waals surface area contributed by atoms with Gasteiger partial charge in [-0.1, -0.05) is 6.07 Å². The molecule has 0 aliphatic heterocycles. The summed E-state index contributed by atoms with van der Waals surface area (Å²) in [5, 5.41) is -1.01. The molecule has 7 heteroatoms. The number of halogens is 4. The van der Waals surface area contributed by atoms with Gasteiger partial charge in [-0.3, -0.25) is 4.79 Å². The Balaban J connectivity index is 3.34. The van der Waals surface area contributed by atoms with E-state index in [4.69, 9.17) is 11.6 Å². The monoisotopic (exact) mass is 267 g/mol. The SMILES string of the molecule is CN(C)c1cccc(C(=O)Cl)c1OC(F)(F)F. The third-order valence-corrected chi connectivity index (χ3v) is 2.11. The Hall–Kier alpha value is -1.43. The molecule has 0 fully saturated rings. The van der Waals surface area contributed by atoms with Crippen molar-refractivity contribution in [1.29, 1.82) is 0 Å². The Labute approximate surface area is 101 Å². The Bertz CT molecular complexity index is 432. The molecule has 1 rings (SSSR count). The first-order valence-corrected chi connectivity index (χ1v) is 4.86. The van der Waals surface area contributed by atoms with Gasteiger partial charge >= 0.3 is 6.36 Å². The van der Waals surface area contributed by atoms with Crippen LogP contribution in [0.15, 0.2) is 18.2 Å². The molecule has 0 spiro atoms. The lowest BCUT2D eigenvalue weighted by atomic mass is 10.2. The second-order valence-corrected chi connectivity index (χ2v) is 3.71. The largest absolute Gasteiger partial charge is 0.573 e. The molecule has 17 heavy (non-hydrogen) atoms. The molecule has 0 atom stereocenters. The summed E-state index contributed by atoms with van der Waals surface area (Å²) in [7, 11) is 3.06. The van der Waals surface area contributed by atoms with Gasteiger partial charge in [-0.05, 0) is 23.7 Å². The van der Waals surface area contributed by atoms with Gasteiger partial charge in [0.05, 0.1) is 11.3 Å². The van der Waals surface area contributed by atoms with Crippen LogP contribution < -0.4 is 9.64 Å². The van der Waals surface area contributed by atoms with E-state index in [1.807, 2.05) is 0 Å². The lowest BCUT2D eigenvalue weighted by Gasteiger charge is -2.20. The van der Waals surface area contributed by atoms with E-state index in [1.54, 1.807) is 0 Å². The van der Waals surface area contributed by atoms with Crippen molar-refractivity contribution >= 4 is 22.5 Å². The van der Waals surface area contributed by atoms with E-state index < -0.39 is 17.4 Å². The molecule has 0 radical (unpaired) electrons. The smallest absolute Gasteiger partial charge is 0.403 e. The summed E-state index contributed by atoms with van der Waals surface area (Å²) in [4.78, 5) is 12.4. The highest BCUT2D eigenvalue weighted by molar-refractivity contribution is 6.68. The zero-order chi connectivity index (χ0) is 13.2. The zero-order valence-corrected chi connectivity index (χ0v) is 9.76. The van der Waals surface area contributed by atoms with E-state index in [-0.39, 0.29) is 11.3 Å². The van der Waals surface area contributed by atoms with Crippen molar-refractivity contribution < 1.29 is 22.7 Å². The fourth-order valence-corrected chi connectivity index (χ4v) is 1.40. The summed E-state index contributed by atoms with van der Waals surface area (Å²) in [6.07, 6.45) is -4.88. The van der Waals surface area contributed by atoms with Crippen LogP contribution in [0.3, 0.4) is 0 Å². The minimum absolute atomic E-state index is 0.119. The van der Waals surface area contributed by atoms with E-state index in [0.29, 0.717) is 0 Å². The Morgan fingerprint density at radius 3 is 2.35 bits per heavy atom. The Morgan fingerprint density at radius 2 is 1.94 bits per heavy atom. The maximum absolute atomic E-state index is 12.2. The minimum atomic E-state index is -4.88. The second-order valence-electron chi connectivity index (χ2n) is 3.37. The molecule has 0 aliphatic carbocycles. The Morgan fingerprint density at radius 1 is 1.35 bits per heavy atom. The van der Waals surface area contributed by atoms with E-state index in [2.05, 4.69) is 4.74 Å². The van der Waals surface area contributed by atoms with Crippen molar-refractivity contribution in [3.8, 4) is 5.75 Å². The highest BCUT2D eigenvalue weighted by Crippen LogP contribution is 2.36. The number of alkyl halides is 3. The van der Waals surface area contributed by atoms with Crippen molar-refractivity contribution in [2.45, 2.75) is 6.36 Å². The van der Waals surface area contributed by atoms with Gasteiger partial charge in [0.25, 0.3) is 5.24 Å². The van der Waals surface area contributed by atoms with Gasteiger partial charge in [0.1, 0.15) is 0 Å². The van der Waals surface area contributed by atoms with Crippen LogP contribution in [0.25, 0.3) is 0 Å². The number of ether oxygens (including phenoxy) is 1. The molecule has 0 bridgehead atoms. The van der Waals surface area contributed by atoms with Gasteiger partial charge in [-0.25, -0.2) is 0 Å². The molecule has 0 N–H and O–H groups in total. The molecule has 0 saturated heterocycles. The van der Waals surface area contributed by atoms with Crippen molar-refractivity contribution in [2.24, 2.45) is 0 Å². The number of rotatable bonds is 3. The highest BCUT2D eigenvalue weighted by Gasteiger charge is 2.34. The lowest BCUT2D eigenvalue weighted by Crippen LogP contribution is -2.21. The van der Waals surface area contributed by atoms with Gasteiger partial charge < -0.3 is 9.64 Å². The average Bonchev–Trinajstić information content (AvgIpc) is 2.14. The third kappa shape index (κ3) is 3.52. The van der Waals surface area contributed by atoms with E-state index >= 15 is 0 Å². The van der Waals surface area contributed by atoms with Gasteiger partial charge in [0.2, 0.25) is 0 Å². The normalized spacial score (nSPS) is 11.2. The number of anilines is 1. The molecule has 0 amide bonds. The number of hydrogen-bond acceptors (Lipinski definition) is 3. The summed E-state index contributed by atoms with van der Waals surface area (Å²) < 4.78 is 40.5. The van der Waals surface area contributed by atoms with Crippen LogP contribution in [0.2, 0.25) is 0 Å². The van der Waals surface area contributed by atoms with Gasteiger partial charge in [0, 0.05) is 14.1 Å². The molecule has 0 aromatic heterocycles. The van der Waals surface area contributed by atoms with Crippen molar-refractivity contribution in [3.05, 3.63) is 23.8 Å². The van der Waals surface area contributed by atoms with Crippen LogP contribution >= 0.6 is 11.6 Å². The molecule has 94 valence electrons. The fraction of sp³-hybridized carbons (Fsp3) is 0.300. The second kappa shape index (κ2) is 4.83. The summed E-state index contributed by atoms with van der Waals surface area (Å²) >= 11 is 5.21. The number of benzene rings is 1. The molecule has 0 heterocycles.